The largest absolute Gasteiger partial charge is 0.497 e. The molecule has 2 aromatic carbocycles. The van der Waals surface area contributed by atoms with Crippen LogP contribution in [0.4, 0.5) is 5.69 Å². The van der Waals surface area contributed by atoms with E-state index in [4.69, 9.17) is 15.2 Å². The van der Waals surface area contributed by atoms with E-state index in [1.165, 1.54) is 0 Å². The first-order valence-corrected chi connectivity index (χ1v) is 7.56. The average molecular weight is 492 g/mol. The third-order valence-corrected chi connectivity index (χ3v) is 3.35. The van der Waals surface area contributed by atoms with Crippen molar-refractivity contribution < 1.29 is 9.47 Å². The Bertz CT molecular complexity index is 618. The van der Waals surface area contributed by atoms with Crippen LogP contribution in [0.15, 0.2) is 58.0 Å². The van der Waals surface area contributed by atoms with Crippen LogP contribution < -0.4 is 20.5 Å². The molecular weight excluding hydrogens is 473 g/mol. The smallest absolute Gasteiger partial charge is 0.193 e. The zero-order valence-corrected chi connectivity index (χ0v) is 16.6. The van der Waals surface area contributed by atoms with Gasteiger partial charge in [0.15, 0.2) is 5.96 Å². The number of aliphatic imine (C=N–C) groups is 1. The van der Waals surface area contributed by atoms with E-state index in [0.717, 1.165) is 21.7 Å². The molecule has 23 heavy (non-hydrogen) atoms. The molecule has 0 bridgehead atoms. The number of ether oxygens (including phenoxy) is 2. The van der Waals surface area contributed by atoms with Crippen molar-refractivity contribution in [1.29, 1.82) is 0 Å². The average Bonchev–Trinajstić information content (AvgIpc) is 2.54. The highest BCUT2D eigenvalue weighted by atomic mass is 127. The lowest BCUT2D eigenvalue weighted by molar-refractivity contribution is 0.328. The lowest BCUT2D eigenvalue weighted by atomic mass is 10.3. The van der Waals surface area contributed by atoms with Crippen molar-refractivity contribution in [3.8, 4) is 11.5 Å². The molecule has 0 saturated carbocycles. The topological polar surface area (TPSA) is 68.9 Å². The Labute approximate surface area is 161 Å². The molecule has 0 spiro atoms. The number of methoxy groups -OCH3 is 1. The van der Waals surface area contributed by atoms with Gasteiger partial charge in [-0.15, -0.1) is 24.0 Å². The van der Waals surface area contributed by atoms with E-state index in [1.807, 2.05) is 48.5 Å². The number of benzene rings is 2. The number of halogens is 2. The van der Waals surface area contributed by atoms with Crippen molar-refractivity contribution >= 4 is 51.6 Å². The van der Waals surface area contributed by atoms with E-state index in [9.17, 15) is 0 Å². The first-order valence-electron chi connectivity index (χ1n) is 6.77. The Morgan fingerprint density at radius 3 is 2.30 bits per heavy atom. The minimum Gasteiger partial charge on any atom is -0.497 e. The monoisotopic (exact) mass is 491 g/mol. The standard InChI is InChI=1S/C16H18BrN3O2.HI/c1-21-14-8-4-13(5-9-14)20-16(18)19-10-11-22-15-6-2-12(17)3-7-15;/h2-9H,10-11H2,1H3,(H3,18,19,20);1H. The number of hydrogen-bond acceptors (Lipinski definition) is 3. The molecule has 0 amide bonds. The van der Waals surface area contributed by atoms with Gasteiger partial charge in [-0.05, 0) is 48.5 Å². The number of nitrogens with two attached hydrogens (primary N) is 1. The Kier molecular flexibility index (Phi) is 8.78. The van der Waals surface area contributed by atoms with Gasteiger partial charge in [-0.2, -0.15) is 0 Å². The summed E-state index contributed by atoms with van der Waals surface area (Å²) in [6.45, 7) is 0.942. The molecule has 0 aliphatic rings. The first-order chi connectivity index (χ1) is 10.7. The summed E-state index contributed by atoms with van der Waals surface area (Å²) < 4.78 is 11.7. The summed E-state index contributed by atoms with van der Waals surface area (Å²) in [4.78, 5) is 4.21. The molecule has 0 aliphatic carbocycles. The van der Waals surface area contributed by atoms with Crippen molar-refractivity contribution in [2.24, 2.45) is 10.7 Å². The number of guanidine groups is 1. The van der Waals surface area contributed by atoms with Crippen LogP contribution in [-0.2, 0) is 0 Å². The van der Waals surface area contributed by atoms with Crippen LogP contribution in [-0.4, -0.2) is 26.2 Å². The van der Waals surface area contributed by atoms with Gasteiger partial charge >= 0.3 is 0 Å². The molecule has 0 heterocycles. The third kappa shape index (κ3) is 7.08. The maximum Gasteiger partial charge on any atom is 0.193 e. The molecule has 0 unspecified atom stereocenters. The summed E-state index contributed by atoms with van der Waals surface area (Å²) in [7, 11) is 1.63. The van der Waals surface area contributed by atoms with E-state index in [2.05, 4.69) is 26.2 Å². The number of hydrogen-bond donors (Lipinski definition) is 2. The van der Waals surface area contributed by atoms with Crippen LogP contribution in [0.2, 0.25) is 0 Å². The van der Waals surface area contributed by atoms with E-state index >= 15 is 0 Å². The van der Waals surface area contributed by atoms with E-state index in [0.29, 0.717) is 19.1 Å². The van der Waals surface area contributed by atoms with Crippen LogP contribution in [0.25, 0.3) is 0 Å². The molecule has 124 valence electrons. The normalized spacial score (nSPS) is 10.6. The molecule has 2 aromatic rings. The Morgan fingerprint density at radius 2 is 1.70 bits per heavy atom. The van der Waals surface area contributed by atoms with Gasteiger partial charge in [0.05, 0.1) is 13.7 Å². The zero-order chi connectivity index (χ0) is 15.8. The third-order valence-electron chi connectivity index (χ3n) is 2.82. The Balaban J connectivity index is 0.00000264. The summed E-state index contributed by atoms with van der Waals surface area (Å²) in [5.74, 6) is 1.95. The van der Waals surface area contributed by atoms with Gasteiger partial charge in [-0.25, -0.2) is 4.99 Å². The van der Waals surface area contributed by atoms with E-state index in [-0.39, 0.29) is 24.0 Å². The first kappa shape index (κ1) is 19.6. The van der Waals surface area contributed by atoms with Crippen LogP contribution in [0.3, 0.4) is 0 Å². The molecule has 0 aromatic heterocycles. The molecule has 0 fully saturated rings. The molecule has 0 saturated heterocycles. The molecular formula is C16H19BrIN3O2. The van der Waals surface area contributed by atoms with Crippen molar-refractivity contribution in [2.75, 3.05) is 25.6 Å². The number of nitrogens with zero attached hydrogens (tertiary/aromatic N) is 1. The molecule has 5 nitrogen and oxygen atoms in total. The highest BCUT2D eigenvalue weighted by Gasteiger charge is 1.97. The fourth-order valence-electron chi connectivity index (χ4n) is 1.72. The van der Waals surface area contributed by atoms with Gasteiger partial charge in [0, 0.05) is 10.2 Å². The molecule has 0 aliphatic heterocycles. The van der Waals surface area contributed by atoms with E-state index < -0.39 is 0 Å². The van der Waals surface area contributed by atoms with Crippen LogP contribution in [0, 0.1) is 0 Å². The maximum absolute atomic E-state index is 5.82. The molecule has 0 atom stereocenters. The van der Waals surface area contributed by atoms with Gasteiger partial charge in [-0.1, -0.05) is 15.9 Å². The Hall–Kier alpha value is -1.48. The summed E-state index contributed by atoms with van der Waals surface area (Å²) in [6.07, 6.45) is 0. The van der Waals surface area contributed by atoms with Crippen molar-refractivity contribution in [1.82, 2.24) is 0 Å². The van der Waals surface area contributed by atoms with Gasteiger partial charge in [-0.3, -0.25) is 0 Å². The van der Waals surface area contributed by atoms with Gasteiger partial charge in [0.2, 0.25) is 0 Å². The second-order valence-corrected chi connectivity index (χ2v) is 5.34. The van der Waals surface area contributed by atoms with Crippen molar-refractivity contribution in [2.45, 2.75) is 0 Å². The summed E-state index contributed by atoms with van der Waals surface area (Å²) in [5.41, 5.74) is 6.68. The fraction of sp³-hybridized carbons (Fsp3) is 0.188. The summed E-state index contributed by atoms with van der Waals surface area (Å²) >= 11 is 3.38. The van der Waals surface area contributed by atoms with Gasteiger partial charge in [0.1, 0.15) is 18.1 Å². The van der Waals surface area contributed by atoms with Gasteiger partial charge in [0.25, 0.3) is 0 Å². The van der Waals surface area contributed by atoms with Gasteiger partial charge < -0.3 is 20.5 Å². The SMILES string of the molecule is COc1ccc(NC(N)=NCCOc2ccc(Br)cc2)cc1.I. The Morgan fingerprint density at radius 1 is 1.09 bits per heavy atom. The van der Waals surface area contributed by atoms with E-state index in [1.54, 1.807) is 7.11 Å². The van der Waals surface area contributed by atoms with Crippen LogP contribution in [0.5, 0.6) is 11.5 Å². The van der Waals surface area contributed by atoms with Crippen molar-refractivity contribution in [3.63, 3.8) is 0 Å². The minimum atomic E-state index is 0. The quantitative estimate of drug-likeness (QED) is 0.278. The number of nitrogens with one attached hydrogen (secondary N) is 1. The number of anilines is 1. The highest BCUT2D eigenvalue weighted by molar-refractivity contribution is 14.0. The molecule has 7 heteroatoms. The predicted octanol–water partition coefficient (Wildman–Crippen LogP) is 3.88. The number of rotatable bonds is 6. The highest BCUT2D eigenvalue weighted by Crippen LogP contribution is 2.16. The zero-order valence-electron chi connectivity index (χ0n) is 12.7. The maximum atomic E-state index is 5.82. The lowest BCUT2D eigenvalue weighted by Crippen LogP contribution is -2.23. The molecule has 2 rings (SSSR count). The fourth-order valence-corrected chi connectivity index (χ4v) is 1.99. The van der Waals surface area contributed by atoms with Crippen molar-refractivity contribution in [3.05, 3.63) is 53.0 Å². The second kappa shape index (κ2) is 10.3. The lowest BCUT2D eigenvalue weighted by Gasteiger charge is -2.07. The second-order valence-electron chi connectivity index (χ2n) is 4.42. The van der Waals surface area contributed by atoms with Crippen LogP contribution in [0.1, 0.15) is 0 Å². The predicted molar refractivity (Wildman–Crippen MR) is 108 cm³/mol. The molecule has 0 radical (unpaired) electrons. The minimum absolute atomic E-state index is 0. The summed E-state index contributed by atoms with van der Waals surface area (Å²) in [5, 5.41) is 3.01. The summed E-state index contributed by atoms with van der Waals surface area (Å²) in [6, 6.07) is 15.1. The molecule has 3 N–H and O–H groups in total. The van der Waals surface area contributed by atoms with Crippen LogP contribution >= 0.6 is 39.9 Å².